The van der Waals surface area contributed by atoms with E-state index in [4.69, 9.17) is 33.2 Å². The first-order valence-corrected chi connectivity index (χ1v) is 8.20. The van der Waals surface area contributed by atoms with E-state index in [0.29, 0.717) is 24.4 Å². The van der Waals surface area contributed by atoms with Crippen molar-refractivity contribution in [3.05, 3.63) is 11.5 Å². The number of fused-ring (bicyclic) bond motifs is 3. The second-order valence-corrected chi connectivity index (χ2v) is 7.59. The second kappa shape index (κ2) is 4.31. The van der Waals surface area contributed by atoms with Crippen LogP contribution >= 0.6 is 0 Å². The topological polar surface area (TPSA) is 81.7 Å². The van der Waals surface area contributed by atoms with E-state index in [1.54, 1.807) is 27.7 Å². The zero-order chi connectivity index (χ0) is 16.9. The minimum Gasteiger partial charge on any atom is -0.462 e. The highest BCUT2D eigenvalue weighted by Gasteiger charge is 2.66. The lowest BCUT2D eigenvalue weighted by atomic mass is 9.99. The molecule has 5 aliphatic heterocycles. The molecular weight excluding hydrogens is 320 g/mol. The van der Waals surface area contributed by atoms with Crippen LogP contribution in [0.1, 0.15) is 40.5 Å². The molecule has 132 valence electrons. The summed E-state index contributed by atoms with van der Waals surface area (Å²) in [4.78, 5) is 12.9. The second-order valence-electron chi connectivity index (χ2n) is 7.59. The number of ketones is 1. The Labute approximate surface area is 138 Å². The third-order valence-electron chi connectivity index (χ3n) is 4.80. The van der Waals surface area contributed by atoms with Crippen LogP contribution in [-0.4, -0.2) is 47.9 Å². The first-order valence-electron chi connectivity index (χ1n) is 8.20. The Morgan fingerprint density at radius 2 is 1.54 bits per heavy atom. The number of carbonyl (C=O) groups excluding carboxylic acids is 1. The quantitative estimate of drug-likeness (QED) is 0.652. The van der Waals surface area contributed by atoms with Crippen molar-refractivity contribution in [2.24, 2.45) is 0 Å². The Bertz CT molecular complexity index is 652. The molecule has 0 amide bonds. The Morgan fingerprint density at radius 1 is 0.875 bits per heavy atom. The lowest BCUT2D eigenvalue weighted by molar-refractivity contribution is -0.282. The van der Waals surface area contributed by atoms with Crippen LogP contribution in [-0.2, 0) is 38.0 Å². The number of Topliss-reactive ketones (excluding diaryl/α,β-unsaturated/α-hetero) is 1. The molecule has 5 aliphatic rings. The first kappa shape index (κ1) is 15.1. The molecule has 5 heterocycles. The van der Waals surface area contributed by atoms with E-state index in [2.05, 4.69) is 0 Å². The SMILES string of the molecule is CC1(C)O[C@H]2O[C@@]3(CCC4=C(O3)[C@H]3OC(C)(C)O[C@H]3O4)C(=O)[C@H]2O1. The minimum atomic E-state index is -1.40. The predicted molar refractivity (Wildman–Crippen MR) is 74.9 cm³/mol. The van der Waals surface area contributed by atoms with Crippen LogP contribution in [0.2, 0.25) is 0 Å². The van der Waals surface area contributed by atoms with Gasteiger partial charge in [-0.05, 0) is 27.7 Å². The number of hydrogen-bond acceptors (Lipinski definition) is 8. The lowest BCUT2D eigenvalue weighted by Crippen LogP contribution is -2.46. The lowest BCUT2D eigenvalue weighted by Gasteiger charge is -2.34. The van der Waals surface area contributed by atoms with Crippen LogP contribution in [0.4, 0.5) is 0 Å². The van der Waals surface area contributed by atoms with Gasteiger partial charge in [0.05, 0.1) is 0 Å². The summed E-state index contributed by atoms with van der Waals surface area (Å²) in [6.45, 7) is 7.11. The zero-order valence-electron chi connectivity index (χ0n) is 14.0. The molecule has 1 spiro atoms. The molecule has 0 unspecified atom stereocenters. The van der Waals surface area contributed by atoms with Crippen LogP contribution in [0.3, 0.4) is 0 Å². The van der Waals surface area contributed by atoms with Crippen molar-refractivity contribution >= 4 is 5.78 Å². The largest absolute Gasteiger partial charge is 0.462 e. The summed E-state index contributed by atoms with van der Waals surface area (Å²) < 4.78 is 40.5. The van der Waals surface area contributed by atoms with Gasteiger partial charge in [-0.1, -0.05) is 0 Å². The molecule has 0 bridgehead atoms. The van der Waals surface area contributed by atoms with Crippen LogP contribution < -0.4 is 0 Å². The van der Waals surface area contributed by atoms with Gasteiger partial charge in [-0.15, -0.1) is 0 Å². The fraction of sp³-hybridized carbons (Fsp3) is 0.812. The van der Waals surface area contributed by atoms with Gasteiger partial charge in [-0.2, -0.15) is 0 Å². The van der Waals surface area contributed by atoms with Crippen molar-refractivity contribution in [1.29, 1.82) is 0 Å². The van der Waals surface area contributed by atoms with Crippen molar-refractivity contribution in [2.75, 3.05) is 0 Å². The molecule has 0 aliphatic carbocycles. The Kier molecular flexibility index (Phi) is 2.71. The summed E-state index contributed by atoms with van der Waals surface area (Å²) in [7, 11) is 0. The van der Waals surface area contributed by atoms with E-state index in [9.17, 15) is 4.79 Å². The van der Waals surface area contributed by atoms with Crippen LogP contribution in [0, 0.1) is 0 Å². The molecule has 3 saturated heterocycles. The van der Waals surface area contributed by atoms with Crippen molar-refractivity contribution < 1.29 is 38.0 Å². The number of allylic oxidation sites excluding steroid dienone is 1. The van der Waals surface area contributed by atoms with Crippen molar-refractivity contribution in [2.45, 2.75) is 82.7 Å². The molecule has 5 rings (SSSR count). The summed E-state index contributed by atoms with van der Waals surface area (Å²) in [6.07, 6.45) is -1.75. The number of carbonyl (C=O) groups is 1. The van der Waals surface area contributed by atoms with Gasteiger partial charge in [0.25, 0.3) is 5.79 Å². The van der Waals surface area contributed by atoms with Gasteiger partial charge >= 0.3 is 0 Å². The van der Waals surface area contributed by atoms with E-state index >= 15 is 0 Å². The molecule has 0 saturated carbocycles. The molecule has 0 aromatic heterocycles. The Hall–Kier alpha value is -1.19. The maximum Gasteiger partial charge on any atom is 0.275 e. The Morgan fingerprint density at radius 3 is 2.25 bits per heavy atom. The number of rotatable bonds is 0. The van der Waals surface area contributed by atoms with Gasteiger partial charge in [-0.25, -0.2) is 0 Å². The molecule has 0 radical (unpaired) electrons. The average molecular weight is 340 g/mol. The summed E-state index contributed by atoms with van der Waals surface area (Å²) in [5.74, 6) is -2.15. The van der Waals surface area contributed by atoms with E-state index in [-0.39, 0.29) is 5.78 Å². The van der Waals surface area contributed by atoms with E-state index in [1.165, 1.54) is 0 Å². The molecule has 0 aromatic carbocycles. The third kappa shape index (κ3) is 1.94. The molecule has 24 heavy (non-hydrogen) atoms. The summed E-state index contributed by atoms with van der Waals surface area (Å²) in [5, 5.41) is 0. The molecule has 5 atom stereocenters. The maximum absolute atomic E-state index is 12.9. The normalized spacial score (nSPS) is 47.4. The molecular formula is C16H20O8. The van der Waals surface area contributed by atoms with Gasteiger partial charge in [0.1, 0.15) is 5.76 Å². The molecule has 8 nitrogen and oxygen atoms in total. The third-order valence-corrected chi connectivity index (χ3v) is 4.80. The van der Waals surface area contributed by atoms with Crippen molar-refractivity contribution in [1.82, 2.24) is 0 Å². The maximum atomic E-state index is 12.9. The highest BCUT2D eigenvalue weighted by molar-refractivity contribution is 5.92. The number of ether oxygens (including phenoxy) is 7. The van der Waals surface area contributed by atoms with Gasteiger partial charge in [0, 0.05) is 12.8 Å². The first-order chi connectivity index (χ1) is 11.2. The van der Waals surface area contributed by atoms with Gasteiger partial charge in [0.2, 0.25) is 12.1 Å². The number of hydrogen-bond donors (Lipinski definition) is 0. The summed E-state index contributed by atoms with van der Waals surface area (Å²) >= 11 is 0. The van der Waals surface area contributed by atoms with Crippen LogP contribution in [0.25, 0.3) is 0 Å². The van der Waals surface area contributed by atoms with Gasteiger partial charge < -0.3 is 33.2 Å². The molecule has 8 heteroatoms. The predicted octanol–water partition coefficient (Wildman–Crippen LogP) is 1.29. The van der Waals surface area contributed by atoms with E-state index in [1.807, 2.05) is 0 Å². The standard InChI is InChI=1S/C16H20O8/c1-14(2)19-9-8-7(18-12(9)22-14)5-6-16(21-8)11(17)10-13(24-16)23-15(3,4)20-10/h9-10,12-13H,5-6H2,1-4H3/t9-,10-,12-,13+,16+/m1/s1. The highest BCUT2D eigenvalue weighted by atomic mass is 16.9. The molecule has 0 aromatic rings. The van der Waals surface area contributed by atoms with Gasteiger partial charge in [-0.3, -0.25) is 4.79 Å². The van der Waals surface area contributed by atoms with E-state index in [0.717, 1.165) is 0 Å². The highest BCUT2D eigenvalue weighted by Crippen LogP contribution is 2.50. The smallest absolute Gasteiger partial charge is 0.275 e. The summed E-state index contributed by atoms with van der Waals surface area (Å²) in [5.41, 5.74) is 0. The zero-order valence-corrected chi connectivity index (χ0v) is 14.0. The molecule has 0 N–H and O–H groups in total. The fourth-order valence-corrected chi connectivity index (χ4v) is 3.87. The summed E-state index contributed by atoms with van der Waals surface area (Å²) in [6, 6.07) is 0. The van der Waals surface area contributed by atoms with Crippen molar-refractivity contribution in [3.8, 4) is 0 Å². The van der Waals surface area contributed by atoms with Gasteiger partial charge in [0.15, 0.2) is 35.8 Å². The van der Waals surface area contributed by atoms with Crippen molar-refractivity contribution in [3.63, 3.8) is 0 Å². The monoisotopic (exact) mass is 340 g/mol. The average Bonchev–Trinajstić information content (AvgIpc) is 3.10. The Balaban J connectivity index is 1.41. The minimum absolute atomic E-state index is 0.258. The van der Waals surface area contributed by atoms with Crippen LogP contribution in [0.15, 0.2) is 11.5 Å². The van der Waals surface area contributed by atoms with E-state index < -0.39 is 42.1 Å². The fourth-order valence-electron chi connectivity index (χ4n) is 3.87. The molecule has 3 fully saturated rings. The van der Waals surface area contributed by atoms with Crippen LogP contribution in [0.5, 0.6) is 0 Å².